The highest BCUT2D eigenvalue weighted by Gasteiger charge is 2.37. The van der Waals surface area contributed by atoms with Crippen LogP contribution in [0.2, 0.25) is 5.02 Å². The summed E-state index contributed by atoms with van der Waals surface area (Å²) >= 11 is 6.29. The maximum atomic E-state index is 12.8. The van der Waals surface area contributed by atoms with E-state index in [0.29, 0.717) is 6.42 Å². The van der Waals surface area contributed by atoms with Gasteiger partial charge in [-0.1, -0.05) is 23.7 Å². The summed E-state index contributed by atoms with van der Waals surface area (Å²) < 4.78 is 23.4. The van der Waals surface area contributed by atoms with Crippen LogP contribution in [0.5, 0.6) is 0 Å². The zero-order valence-electron chi connectivity index (χ0n) is 15.3. The van der Waals surface area contributed by atoms with Gasteiger partial charge in [-0.3, -0.25) is 4.79 Å². The molecule has 1 aromatic rings. The number of para-hydroxylation sites is 1. The second-order valence-corrected chi connectivity index (χ2v) is 9.96. The number of nitrogens with one attached hydrogen (secondary N) is 1. The molecule has 1 N–H and O–H groups in total. The number of benzene rings is 1. The molecule has 0 unspecified atom stereocenters. The zero-order valence-corrected chi connectivity index (χ0v) is 16.9. The molecule has 2 atom stereocenters. The molecule has 0 spiro atoms. The van der Waals surface area contributed by atoms with E-state index in [1.54, 1.807) is 11.9 Å². The Kier molecular flexibility index (Phi) is 5.79. The third-order valence-electron chi connectivity index (χ3n) is 5.69. The van der Waals surface area contributed by atoms with Gasteiger partial charge in [0.15, 0.2) is 15.9 Å². The number of halogens is 1. The molecule has 0 radical (unpaired) electrons. The zero-order chi connectivity index (χ0) is 18.9. The Morgan fingerprint density at radius 2 is 1.96 bits per heavy atom. The van der Waals surface area contributed by atoms with E-state index in [9.17, 15) is 13.2 Å². The summed E-state index contributed by atoms with van der Waals surface area (Å²) in [5, 5.41) is 0.752. The number of quaternary nitrogens is 1. The van der Waals surface area contributed by atoms with Gasteiger partial charge in [-0.2, -0.15) is 0 Å². The minimum atomic E-state index is -2.99. The first-order valence-electron chi connectivity index (χ1n) is 9.09. The lowest BCUT2D eigenvalue weighted by Gasteiger charge is -2.37. The van der Waals surface area contributed by atoms with Gasteiger partial charge in [0, 0.05) is 13.1 Å². The van der Waals surface area contributed by atoms with Crippen LogP contribution in [-0.4, -0.2) is 76.0 Å². The standard InChI is InChI=1S/C18H26ClN3O3S/c1-14(18(23)20(2)15-7-12-26(24,25)13-15)21-8-10-22(11-9-21)17-6-4-3-5-16(17)19/h3-6,14-15H,7-13H2,1-2H3/p+1/t14-,15+/m0/s1. The highest BCUT2D eigenvalue weighted by Crippen LogP contribution is 2.25. The number of piperazine rings is 1. The molecule has 8 heteroatoms. The van der Waals surface area contributed by atoms with Crippen LogP contribution in [0.4, 0.5) is 5.69 Å². The van der Waals surface area contributed by atoms with Gasteiger partial charge in [0.05, 0.1) is 48.4 Å². The van der Waals surface area contributed by atoms with Crippen LogP contribution in [0.15, 0.2) is 24.3 Å². The second-order valence-electron chi connectivity index (χ2n) is 7.32. The summed E-state index contributed by atoms with van der Waals surface area (Å²) in [6.45, 7) is 5.35. The van der Waals surface area contributed by atoms with Crippen molar-refractivity contribution in [3.63, 3.8) is 0 Å². The van der Waals surface area contributed by atoms with Gasteiger partial charge in [-0.25, -0.2) is 8.42 Å². The van der Waals surface area contributed by atoms with Crippen LogP contribution < -0.4 is 9.80 Å². The third-order valence-corrected chi connectivity index (χ3v) is 7.76. The van der Waals surface area contributed by atoms with Gasteiger partial charge in [0.25, 0.3) is 5.91 Å². The topological polar surface area (TPSA) is 62.1 Å². The number of carbonyl (C=O) groups excluding carboxylic acids is 1. The molecule has 3 rings (SSSR count). The quantitative estimate of drug-likeness (QED) is 0.777. The number of sulfone groups is 1. The molecule has 144 valence electrons. The monoisotopic (exact) mass is 400 g/mol. The SMILES string of the molecule is C[C@@H](C(=O)N(C)[C@@H]1CCS(=O)(=O)C1)[NH+]1CCN(c2ccccc2Cl)CC1. The number of hydrogen-bond donors (Lipinski definition) is 1. The molecule has 0 bridgehead atoms. The summed E-state index contributed by atoms with van der Waals surface area (Å²) in [5.74, 6) is 0.318. The molecule has 2 heterocycles. The van der Waals surface area contributed by atoms with Crippen LogP contribution in [0.25, 0.3) is 0 Å². The van der Waals surface area contributed by atoms with Crippen LogP contribution >= 0.6 is 11.6 Å². The lowest BCUT2D eigenvalue weighted by atomic mass is 10.1. The molecule has 0 aromatic heterocycles. The molecule has 6 nitrogen and oxygen atoms in total. The van der Waals surface area contributed by atoms with Crippen molar-refractivity contribution >= 4 is 33.0 Å². The summed E-state index contributed by atoms with van der Waals surface area (Å²) in [7, 11) is -1.25. The minimum Gasteiger partial charge on any atom is -0.359 e. The van der Waals surface area contributed by atoms with E-state index in [-0.39, 0.29) is 29.5 Å². The number of anilines is 1. The number of amides is 1. The predicted molar refractivity (Wildman–Crippen MR) is 104 cm³/mol. The van der Waals surface area contributed by atoms with Crippen molar-refractivity contribution < 1.29 is 18.1 Å². The maximum Gasteiger partial charge on any atom is 0.280 e. The smallest absolute Gasteiger partial charge is 0.280 e. The van der Waals surface area contributed by atoms with Crippen molar-refractivity contribution in [1.82, 2.24) is 4.90 Å². The minimum absolute atomic E-state index is 0.0355. The molecule has 2 saturated heterocycles. The van der Waals surface area contributed by atoms with E-state index in [1.807, 2.05) is 31.2 Å². The van der Waals surface area contributed by atoms with Gasteiger partial charge in [-0.05, 0) is 25.5 Å². The first-order valence-corrected chi connectivity index (χ1v) is 11.3. The largest absolute Gasteiger partial charge is 0.359 e. The summed E-state index contributed by atoms with van der Waals surface area (Å²) in [6, 6.07) is 7.48. The molecule has 0 aliphatic carbocycles. The van der Waals surface area contributed by atoms with Crippen LogP contribution in [0, 0.1) is 0 Å². The molecule has 2 aliphatic rings. The van der Waals surface area contributed by atoms with Gasteiger partial charge in [0.2, 0.25) is 0 Å². The molecular weight excluding hydrogens is 374 g/mol. The highest BCUT2D eigenvalue weighted by molar-refractivity contribution is 7.91. The normalized spacial score (nSPS) is 24.4. The number of hydrogen-bond acceptors (Lipinski definition) is 4. The fourth-order valence-corrected chi connectivity index (χ4v) is 5.95. The van der Waals surface area contributed by atoms with Crippen molar-refractivity contribution in [2.75, 3.05) is 49.6 Å². The summed E-state index contributed by atoms with van der Waals surface area (Å²) in [4.78, 5) is 18.0. The fourth-order valence-electron chi connectivity index (χ4n) is 3.92. The first kappa shape index (κ1) is 19.5. The Balaban J connectivity index is 1.57. The lowest BCUT2D eigenvalue weighted by Crippen LogP contribution is -3.19. The Bertz CT molecular complexity index is 763. The molecule has 26 heavy (non-hydrogen) atoms. The first-order chi connectivity index (χ1) is 12.3. The molecule has 0 saturated carbocycles. The van der Waals surface area contributed by atoms with E-state index in [2.05, 4.69) is 4.90 Å². The van der Waals surface area contributed by atoms with Crippen molar-refractivity contribution in [1.29, 1.82) is 0 Å². The Hall–Kier alpha value is -1.31. The van der Waals surface area contributed by atoms with Crippen molar-refractivity contribution in [2.45, 2.75) is 25.4 Å². The van der Waals surface area contributed by atoms with Gasteiger partial charge in [0.1, 0.15) is 0 Å². The van der Waals surface area contributed by atoms with Crippen LogP contribution in [-0.2, 0) is 14.6 Å². The molecular formula is C18H27ClN3O3S+. The Labute approximate surface area is 160 Å². The number of carbonyl (C=O) groups is 1. The van der Waals surface area contributed by atoms with E-state index in [4.69, 9.17) is 11.6 Å². The highest BCUT2D eigenvalue weighted by atomic mass is 35.5. The molecule has 2 aliphatic heterocycles. The number of rotatable bonds is 4. The third kappa shape index (κ3) is 4.15. The van der Waals surface area contributed by atoms with E-state index < -0.39 is 9.84 Å². The maximum absolute atomic E-state index is 12.8. The Morgan fingerprint density at radius 1 is 1.31 bits per heavy atom. The van der Waals surface area contributed by atoms with Crippen molar-refractivity contribution in [2.24, 2.45) is 0 Å². The average Bonchev–Trinajstić information content (AvgIpc) is 3.00. The second kappa shape index (κ2) is 7.74. The van der Waals surface area contributed by atoms with Crippen molar-refractivity contribution in [3.8, 4) is 0 Å². The van der Waals surface area contributed by atoms with E-state index in [0.717, 1.165) is 36.9 Å². The van der Waals surface area contributed by atoms with Gasteiger partial charge in [-0.15, -0.1) is 0 Å². The predicted octanol–water partition coefficient (Wildman–Crippen LogP) is 0.0789. The lowest BCUT2D eigenvalue weighted by molar-refractivity contribution is -0.915. The van der Waals surface area contributed by atoms with Crippen LogP contribution in [0.1, 0.15) is 13.3 Å². The summed E-state index contributed by atoms with van der Waals surface area (Å²) in [6.07, 6.45) is 0.549. The summed E-state index contributed by atoms with van der Waals surface area (Å²) in [5.41, 5.74) is 1.04. The molecule has 1 aromatic carbocycles. The average molecular weight is 401 g/mol. The van der Waals surface area contributed by atoms with Crippen molar-refractivity contribution in [3.05, 3.63) is 29.3 Å². The fraction of sp³-hybridized carbons (Fsp3) is 0.611. The molecule has 1 amide bonds. The molecule has 2 fully saturated rings. The van der Waals surface area contributed by atoms with Gasteiger partial charge < -0.3 is 14.7 Å². The Morgan fingerprint density at radius 3 is 2.54 bits per heavy atom. The van der Waals surface area contributed by atoms with Gasteiger partial charge >= 0.3 is 0 Å². The number of nitrogens with zero attached hydrogens (tertiary/aromatic N) is 2. The van der Waals surface area contributed by atoms with E-state index in [1.165, 1.54) is 4.90 Å². The van der Waals surface area contributed by atoms with Crippen LogP contribution in [0.3, 0.4) is 0 Å². The van der Waals surface area contributed by atoms with E-state index >= 15 is 0 Å². The number of likely N-dealkylation sites (N-methyl/N-ethyl adjacent to an activating group) is 1.